The lowest BCUT2D eigenvalue weighted by Gasteiger charge is -2.12. The van der Waals surface area contributed by atoms with Gasteiger partial charge in [0, 0.05) is 5.56 Å². The monoisotopic (exact) mass is 237 g/mol. The van der Waals surface area contributed by atoms with Gasteiger partial charge in [0.2, 0.25) is 0 Å². The van der Waals surface area contributed by atoms with E-state index in [-0.39, 0.29) is 12.2 Å². The molecule has 0 bridgehead atoms. The number of ketones is 1. The first-order valence-corrected chi connectivity index (χ1v) is 5.15. The molecule has 0 aliphatic carbocycles. The zero-order valence-corrected chi connectivity index (χ0v) is 9.77. The molecule has 0 saturated heterocycles. The largest absolute Gasteiger partial charge is 0.497 e. The number of hydrogen-bond donors (Lipinski definition) is 2. The molecule has 1 aromatic carbocycles. The Morgan fingerprint density at radius 2 is 1.94 bits per heavy atom. The summed E-state index contributed by atoms with van der Waals surface area (Å²) in [6.07, 6.45) is -0.235. The minimum atomic E-state index is -1.01. The summed E-state index contributed by atoms with van der Waals surface area (Å²) in [4.78, 5) is 22.5. The maximum Gasteiger partial charge on any atom is 0.305 e. The number of Topliss-reactive ketones (excluding diaryl/α,β-unsaturated/α-hetero) is 1. The van der Waals surface area contributed by atoms with Crippen LogP contribution in [0.4, 0.5) is 0 Å². The Hall–Kier alpha value is -1.88. The molecule has 0 aliphatic heterocycles. The number of methoxy groups -OCH3 is 1. The van der Waals surface area contributed by atoms with Gasteiger partial charge in [0.05, 0.1) is 19.6 Å². The third kappa shape index (κ3) is 3.57. The summed E-state index contributed by atoms with van der Waals surface area (Å²) in [7, 11) is 3.10. The highest BCUT2D eigenvalue weighted by Crippen LogP contribution is 2.13. The van der Waals surface area contributed by atoms with E-state index in [1.807, 2.05) is 0 Å². The van der Waals surface area contributed by atoms with E-state index >= 15 is 0 Å². The van der Waals surface area contributed by atoms with Crippen LogP contribution in [-0.4, -0.2) is 37.1 Å². The van der Waals surface area contributed by atoms with Gasteiger partial charge in [-0.05, 0) is 31.3 Å². The molecule has 1 atom stereocenters. The number of carbonyl (C=O) groups is 2. The number of carboxylic acids is 1. The van der Waals surface area contributed by atoms with Crippen molar-refractivity contribution in [3.8, 4) is 5.75 Å². The van der Waals surface area contributed by atoms with Gasteiger partial charge in [0.25, 0.3) is 0 Å². The molecule has 0 fully saturated rings. The molecule has 17 heavy (non-hydrogen) atoms. The predicted octanol–water partition coefficient (Wildman–Crippen LogP) is 0.941. The van der Waals surface area contributed by atoms with E-state index in [9.17, 15) is 9.59 Å². The number of carboxylic acid groups (broad SMARTS) is 1. The second-order valence-electron chi connectivity index (χ2n) is 3.53. The van der Waals surface area contributed by atoms with E-state index in [2.05, 4.69) is 5.32 Å². The van der Waals surface area contributed by atoms with E-state index < -0.39 is 12.0 Å². The standard InChI is InChI=1S/C12H15NO4/c1-13-10(7-11(14)15)12(16)8-3-5-9(17-2)6-4-8/h3-6,10,13H,7H2,1-2H3,(H,14,15). The Morgan fingerprint density at radius 1 is 1.35 bits per heavy atom. The molecule has 5 nitrogen and oxygen atoms in total. The van der Waals surface area contributed by atoms with Gasteiger partial charge in [-0.2, -0.15) is 0 Å². The van der Waals surface area contributed by atoms with Gasteiger partial charge in [0.1, 0.15) is 5.75 Å². The van der Waals surface area contributed by atoms with E-state index in [0.717, 1.165) is 0 Å². The van der Waals surface area contributed by atoms with Crippen LogP contribution in [0, 0.1) is 0 Å². The Labute approximate surface area is 99.4 Å². The summed E-state index contributed by atoms with van der Waals surface area (Å²) in [5.41, 5.74) is 0.464. The van der Waals surface area contributed by atoms with Crippen molar-refractivity contribution in [2.24, 2.45) is 0 Å². The molecular weight excluding hydrogens is 222 g/mol. The molecule has 92 valence electrons. The molecule has 0 spiro atoms. The van der Waals surface area contributed by atoms with Crippen LogP contribution < -0.4 is 10.1 Å². The molecule has 0 saturated carbocycles. The lowest BCUT2D eigenvalue weighted by atomic mass is 10.0. The van der Waals surface area contributed by atoms with Crippen LogP contribution in [0.5, 0.6) is 5.75 Å². The van der Waals surface area contributed by atoms with Crippen molar-refractivity contribution in [3.05, 3.63) is 29.8 Å². The maximum atomic E-state index is 11.9. The number of hydrogen-bond acceptors (Lipinski definition) is 4. The lowest BCUT2D eigenvalue weighted by Crippen LogP contribution is -2.36. The maximum absolute atomic E-state index is 11.9. The quantitative estimate of drug-likeness (QED) is 0.720. The lowest BCUT2D eigenvalue weighted by molar-refractivity contribution is -0.137. The summed E-state index contributed by atoms with van der Waals surface area (Å²) < 4.78 is 4.98. The van der Waals surface area contributed by atoms with Gasteiger partial charge < -0.3 is 15.2 Å². The Balaban J connectivity index is 2.82. The van der Waals surface area contributed by atoms with E-state index in [4.69, 9.17) is 9.84 Å². The van der Waals surface area contributed by atoms with E-state index in [1.54, 1.807) is 31.3 Å². The number of carbonyl (C=O) groups excluding carboxylic acids is 1. The average Bonchev–Trinajstić information content (AvgIpc) is 2.35. The van der Waals surface area contributed by atoms with Crippen molar-refractivity contribution in [2.45, 2.75) is 12.5 Å². The first-order chi connectivity index (χ1) is 8.08. The summed E-state index contributed by atoms with van der Waals surface area (Å²) in [6, 6.07) is 5.86. The van der Waals surface area contributed by atoms with Crippen molar-refractivity contribution in [3.63, 3.8) is 0 Å². The van der Waals surface area contributed by atoms with Crippen molar-refractivity contribution >= 4 is 11.8 Å². The number of ether oxygens (including phenoxy) is 1. The zero-order chi connectivity index (χ0) is 12.8. The number of benzene rings is 1. The Kier molecular flexibility index (Phi) is 4.66. The molecule has 5 heteroatoms. The smallest absolute Gasteiger partial charge is 0.305 e. The first kappa shape index (κ1) is 13.2. The zero-order valence-electron chi connectivity index (χ0n) is 9.77. The number of nitrogens with one attached hydrogen (secondary N) is 1. The summed E-state index contributed by atoms with van der Waals surface area (Å²) in [5, 5.41) is 11.4. The van der Waals surface area contributed by atoms with Crippen molar-refractivity contribution < 1.29 is 19.4 Å². The van der Waals surface area contributed by atoms with Gasteiger partial charge in [-0.3, -0.25) is 9.59 Å². The van der Waals surface area contributed by atoms with Gasteiger partial charge in [-0.25, -0.2) is 0 Å². The van der Waals surface area contributed by atoms with Gasteiger partial charge >= 0.3 is 5.97 Å². The SMILES string of the molecule is CNC(CC(=O)O)C(=O)c1ccc(OC)cc1. The fraction of sp³-hybridized carbons (Fsp3) is 0.333. The van der Waals surface area contributed by atoms with Crippen LogP contribution in [0.2, 0.25) is 0 Å². The van der Waals surface area contributed by atoms with Crippen LogP contribution in [0.1, 0.15) is 16.8 Å². The molecule has 0 heterocycles. The normalized spacial score (nSPS) is 11.9. The van der Waals surface area contributed by atoms with Crippen molar-refractivity contribution in [2.75, 3.05) is 14.2 Å². The van der Waals surface area contributed by atoms with Gasteiger partial charge in [-0.15, -0.1) is 0 Å². The second kappa shape index (κ2) is 6.00. The molecule has 1 unspecified atom stereocenters. The minimum absolute atomic E-state index is 0.235. The Bertz CT molecular complexity index is 399. The van der Waals surface area contributed by atoms with Crippen LogP contribution in [0.25, 0.3) is 0 Å². The summed E-state index contributed by atoms with van der Waals surface area (Å²) in [5.74, 6) is -0.593. The summed E-state index contributed by atoms with van der Waals surface area (Å²) >= 11 is 0. The molecule has 1 aromatic rings. The molecule has 2 N–H and O–H groups in total. The van der Waals surface area contributed by atoms with Crippen molar-refractivity contribution in [1.29, 1.82) is 0 Å². The topological polar surface area (TPSA) is 75.6 Å². The second-order valence-corrected chi connectivity index (χ2v) is 3.53. The molecular formula is C12H15NO4. The van der Waals surface area contributed by atoms with Crippen LogP contribution in [0.15, 0.2) is 24.3 Å². The first-order valence-electron chi connectivity index (χ1n) is 5.15. The van der Waals surface area contributed by atoms with E-state index in [0.29, 0.717) is 11.3 Å². The molecule has 0 aromatic heterocycles. The highest BCUT2D eigenvalue weighted by atomic mass is 16.5. The highest BCUT2D eigenvalue weighted by Gasteiger charge is 2.20. The van der Waals surface area contributed by atoms with Crippen LogP contribution >= 0.6 is 0 Å². The van der Waals surface area contributed by atoms with Crippen LogP contribution in [-0.2, 0) is 4.79 Å². The average molecular weight is 237 g/mol. The van der Waals surface area contributed by atoms with Gasteiger partial charge in [-0.1, -0.05) is 0 Å². The Morgan fingerprint density at radius 3 is 2.35 bits per heavy atom. The van der Waals surface area contributed by atoms with E-state index in [1.165, 1.54) is 7.11 Å². The molecule has 0 amide bonds. The fourth-order valence-corrected chi connectivity index (χ4v) is 1.46. The third-order valence-electron chi connectivity index (χ3n) is 2.42. The minimum Gasteiger partial charge on any atom is -0.497 e. The molecule has 1 rings (SSSR count). The highest BCUT2D eigenvalue weighted by molar-refractivity contribution is 6.01. The molecule has 0 aliphatic rings. The predicted molar refractivity (Wildman–Crippen MR) is 62.4 cm³/mol. The molecule has 0 radical (unpaired) electrons. The van der Waals surface area contributed by atoms with Gasteiger partial charge in [0.15, 0.2) is 5.78 Å². The fourth-order valence-electron chi connectivity index (χ4n) is 1.46. The van der Waals surface area contributed by atoms with Crippen LogP contribution in [0.3, 0.4) is 0 Å². The summed E-state index contributed by atoms with van der Waals surface area (Å²) in [6.45, 7) is 0. The third-order valence-corrected chi connectivity index (χ3v) is 2.42. The number of rotatable bonds is 6. The number of likely N-dealkylation sites (N-methyl/N-ethyl adjacent to an activating group) is 1. The number of aliphatic carboxylic acids is 1. The van der Waals surface area contributed by atoms with Crippen molar-refractivity contribution in [1.82, 2.24) is 5.32 Å².